The highest BCUT2D eigenvalue weighted by Gasteiger charge is 2.16. The molecule has 0 radical (unpaired) electrons. The Labute approximate surface area is 117 Å². The van der Waals surface area contributed by atoms with Gasteiger partial charge in [0.05, 0.1) is 6.20 Å². The molecule has 0 atom stereocenters. The third-order valence-corrected chi connectivity index (χ3v) is 4.72. The predicted octanol–water partition coefficient (Wildman–Crippen LogP) is 1.81. The van der Waals surface area contributed by atoms with Crippen LogP contribution in [0.3, 0.4) is 0 Å². The molecule has 106 valence electrons. The number of nitrogens with one attached hydrogen (secondary N) is 2. The van der Waals surface area contributed by atoms with Crippen molar-refractivity contribution in [2.45, 2.75) is 17.7 Å². The second-order valence-corrected chi connectivity index (χ2v) is 6.46. The Bertz CT molecular complexity index is 659. The molecule has 0 unspecified atom stereocenters. The highest BCUT2D eigenvalue weighted by Crippen LogP contribution is 2.23. The van der Waals surface area contributed by atoms with Crippen molar-refractivity contribution in [3.8, 4) is 0 Å². The lowest BCUT2D eigenvalue weighted by Gasteiger charge is -2.17. The number of aromatic nitrogens is 2. The first-order chi connectivity index (χ1) is 9.65. The van der Waals surface area contributed by atoms with Gasteiger partial charge in [-0.25, -0.2) is 8.42 Å². The molecule has 1 aromatic heterocycles. The smallest absolute Gasteiger partial charge is 0.265 e. The van der Waals surface area contributed by atoms with E-state index in [0.29, 0.717) is 5.69 Å². The molecule has 7 heteroatoms. The molecule has 1 aliphatic rings. The Morgan fingerprint density at radius 2 is 1.85 bits per heavy atom. The summed E-state index contributed by atoms with van der Waals surface area (Å²) in [7, 11) is -3.56. The molecule has 0 saturated carbocycles. The summed E-state index contributed by atoms with van der Waals surface area (Å²) in [5.74, 6) is 0. The van der Waals surface area contributed by atoms with Crippen LogP contribution >= 0.6 is 0 Å². The standard InChI is InChI=1S/C13H16N4O2S/c18-20(19,13-9-14-15-10-13)16-11-3-5-12(6-4-11)17-7-1-2-8-17/h3-6,9-10,16H,1-2,7-8H2,(H,14,15). The lowest BCUT2D eigenvalue weighted by Crippen LogP contribution is -2.17. The zero-order chi connectivity index (χ0) is 14.0. The van der Waals surface area contributed by atoms with Crippen molar-refractivity contribution in [1.82, 2.24) is 10.2 Å². The summed E-state index contributed by atoms with van der Waals surface area (Å²) in [6.07, 6.45) is 5.06. The predicted molar refractivity (Wildman–Crippen MR) is 77.3 cm³/mol. The molecule has 1 aliphatic heterocycles. The highest BCUT2D eigenvalue weighted by atomic mass is 32.2. The van der Waals surface area contributed by atoms with Crippen LogP contribution in [0, 0.1) is 0 Å². The number of hydrogen-bond donors (Lipinski definition) is 2. The lowest BCUT2D eigenvalue weighted by molar-refractivity contribution is 0.601. The fraction of sp³-hybridized carbons (Fsp3) is 0.308. The maximum atomic E-state index is 12.0. The van der Waals surface area contributed by atoms with Crippen LogP contribution in [0.2, 0.25) is 0 Å². The van der Waals surface area contributed by atoms with Crippen molar-refractivity contribution in [2.75, 3.05) is 22.7 Å². The van der Waals surface area contributed by atoms with Gasteiger partial charge in [-0.05, 0) is 37.1 Å². The minimum Gasteiger partial charge on any atom is -0.372 e. The number of rotatable bonds is 4. The molecule has 0 spiro atoms. The quantitative estimate of drug-likeness (QED) is 0.901. The molecule has 2 N–H and O–H groups in total. The topological polar surface area (TPSA) is 78.1 Å². The van der Waals surface area contributed by atoms with Crippen molar-refractivity contribution in [3.63, 3.8) is 0 Å². The van der Waals surface area contributed by atoms with Gasteiger partial charge in [-0.2, -0.15) is 5.10 Å². The summed E-state index contributed by atoms with van der Waals surface area (Å²) in [5.41, 5.74) is 1.68. The van der Waals surface area contributed by atoms with E-state index in [-0.39, 0.29) is 4.90 Å². The number of H-pyrrole nitrogens is 1. The number of hydrogen-bond acceptors (Lipinski definition) is 4. The molecule has 1 fully saturated rings. The minimum absolute atomic E-state index is 0.126. The molecule has 0 bridgehead atoms. The maximum absolute atomic E-state index is 12.0. The lowest BCUT2D eigenvalue weighted by atomic mass is 10.2. The van der Waals surface area contributed by atoms with E-state index >= 15 is 0 Å². The van der Waals surface area contributed by atoms with Crippen LogP contribution in [-0.4, -0.2) is 31.7 Å². The number of benzene rings is 1. The Balaban J connectivity index is 1.75. The maximum Gasteiger partial charge on any atom is 0.265 e. The second-order valence-electron chi connectivity index (χ2n) is 4.78. The molecule has 20 heavy (non-hydrogen) atoms. The van der Waals surface area contributed by atoms with E-state index in [2.05, 4.69) is 19.8 Å². The Morgan fingerprint density at radius 1 is 1.15 bits per heavy atom. The third-order valence-electron chi connectivity index (χ3n) is 3.37. The monoisotopic (exact) mass is 292 g/mol. The molecule has 2 heterocycles. The first-order valence-electron chi connectivity index (χ1n) is 6.52. The van der Waals surface area contributed by atoms with Crippen LogP contribution in [0.5, 0.6) is 0 Å². The summed E-state index contributed by atoms with van der Waals surface area (Å²) in [6.45, 7) is 2.14. The number of nitrogens with zero attached hydrogens (tertiary/aromatic N) is 2. The largest absolute Gasteiger partial charge is 0.372 e. The average molecular weight is 292 g/mol. The van der Waals surface area contributed by atoms with Gasteiger partial charge >= 0.3 is 0 Å². The second kappa shape index (κ2) is 5.16. The molecule has 0 aliphatic carbocycles. The Morgan fingerprint density at radius 3 is 2.45 bits per heavy atom. The molecule has 1 saturated heterocycles. The van der Waals surface area contributed by atoms with E-state index in [0.717, 1.165) is 18.8 Å². The van der Waals surface area contributed by atoms with Gasteiger partial charge in [0.2, 0.25) is 0 Å². The van der Waals surface area contributed by atoms with Gasteiger partial charge < -0.3 is 4.90 Å². The zero-order valence-corrected chi connectivity index (χ0v) is 11.7. The van der Waals surface area contributed by atoms with E-state index in [1.807, 2.05) is 12.1 Å². The summed E-state index contributed by atoms with van der Waals surface area (Å²) in [5, 5.41) is 6.14. The van der Waals surface area contributed by atoms with Crippen LogP contribution in [0.15, 0.2) is 41.6 Å². The summed E-state index contributed by atoms with van der Waals surface area (Å²) >= 11 is 0. The van der Waals surface area contributed by atoms with E-state index < -0.39 is 10.0 Å². The highest BCUT2D eigenvalue weighted by molar-refractivity contribution is 7.92. The van der Waals surface area contributed by atoms with E-state index in [1.54, 1.807) is 12.1 Å². The number of anilines is 2. The molecule has 0 amide bonds. The van der Waals surface area contributed by atoms with Gasteiger partial charge in [-0.3, -0.25) is 9.82 Å². The first-order valence-corrected chi connectivity index (χ1v) is 8.00. The van der Waals surface area contributed by atoms with Crippen molar-refractivity contribution in [1.29, 1.82) is 0 Å². The van der Waals surface area contributed by atoms with Gasteiger partial charge in [0.1, 0.15) is 4.90 Å². The van der Waals surface area contributed by atoms with Crippen LogP contribution in [0.4, 0.5) is 11.4 Å². The summed E-state index contributed by atoms with van der Waals surface area (Å²) < 4.78 is 26.6. The van der Waals surface area contributed by atoms with Gasteiger partial charge in [0.15, 0.2) is 0 Å². The number of aromatic amines is 1. The number of sulfonamides is 1. The van der Waals surface area contributed by atoms with E-state index in [4.69, 9.17) is 0 Å². The van der Waals surface area contributed by atoms with Gasteiger partial charge in [-0.1, -0.05) is 0 Å². The van der Waals surface area contributed by atoms with Crippen LogP contribution < -0.4 is 9.62 Å². The van der Waals surface area contributed by atoms with Crippen molar-refractivity contribution in [3.05, 3.63) is 36.7 Å². The fourth-order valence-corrected chi connectivity index (χ4v) is 3.28. The Hall–Kier alpha value is -2.02. The molecular weight excluding hydrogens is 276 g/mol. The van der Waals surface area contributed by atoms with Crippen LogP contribution in [-0.2, 0) is 10.0 Å². The van der Waals surface area contributed by atoms with Gasteiger partial charge in [0.25, 0.3) is 10.0 Å². The van der Waals surface area contributed by atoms with Crippen molar-refractivity contribution < 1.29 is 8.42 Å². The molecular formula is C13H16N4O2S. The van der Waals surface area contributed by atoms with Crippen molar-refractivity contribution >= 4 is 21.4 Å². The average Bonchev–Trinajstić information content (AvgIpc) is 3.13. The molecule has 6 nitrogen and oxygen atoms in total. The fourth-order valence-electron chi connectivity index (χ4n) is 2.32. The van der Waals surface area contributed by atoms with Crippen LogP contribution in [0.25, 0.3) is 0 Å². The van der Waals surface area contributed by atoms with Crippen LogP contribution in [0.1, 0.15) is 12.8 Å². The summed E-state index contributed by atoms with van der Waals surface area (Å²) in [4.78, 5) is 2.43. The minimum atomic E-state index is -3.56. The zero-order valence-electron chi connectivity index (χ0n) is 10.9. The summed E-state index contributed by atoms with van der Waals surface area (Å²) in [6, 6.07) is 7.45. The normalized spacial score (nSPS) is 15.5. The molecule has 2 aromatic rings. The molecule has 1 aromatic carbocycles. The van der Waals surface area contributed by atoms with Gasteiger partial charge in [0, 0.05) is 30.7 Å². The molecule has 3 rings (SSSR count). The van der Waals surface area contributed by atoms with E-state index in [9.17, 15) is 8.42 Å². The third kappa shape index (κ3) is 2.62. The Kier molecular flexibility index (Phi) is 3.35. The van der Waals surface area contributed by atoms with E-state index in [1.165, 1.54) is 25.2 Å². The SMILES string of the molecule is O=S(=O)(Nc1ccc(N2CCCC2)cc1)c1cn[nH]c1. The van der Waals surface area contributed by atoms with Crippen molar-refractivity contribution in [2.24, 2.45) is 0 Å². The first kappa shape index (κ1) is 13.0. The van der Waals surface area contributed by atoms with Gasteiger partial charge in [-0.15, -0.1) is 0 Å².